The highest BCUT2D eigenvalue weighted by Gasteiger charge is 2.17. The van der Waals surface area contributed by atoms with Gasteiger partial charge in [0.2, 0.25) is 0 Å². The fraction of sp³-hybridized carbons (Fsp3) is 0.375. The van der Waals surface area contributed by atoms with Crippen LogP contribution in [0.1, 0.15) is 31.5 Å². The lowest BCUT2D eigenvalue weighted by molar-refractivity contribution is 0.415. The van der Waals surface area contributed by atoms with Gasteiger partial charge in [0.25, 0.3) is 0 Å². The summed E-state index contributed by atoms with van der Waals surface area (Å²) in [4.78, 5) is 8.92. The molecule has 5 nitrogen and oxygen atoms in total. The Morgan fingerprint density at radius 3 is 2.55 bits per heavy atom. The summed E-state index contributed by atoms with van der Waals surface area (Å²) in [6, 6.07) is 7.52. The van der Waals surface area contributed by atoms with Gasteiger partial charge in [0.1, 0.15) is 10.8 Å². The molecular weight excluding hydrogens is 296 g/mol. The summed E-state index contributed by atoms with van der Waals surface area (Å²) in [5.41, 5.74) is 7.92. The minimum absolute atomic E-state index is 0.0609. The number of nitrogens with one attached hydrogen (secondary N) is 1. The third kappa shape index (κ3) is 4.46. The molecule has 0 atom stereocenters. The Kier molecular flexibility index (Phi) is 5.03. The Morgan fingerprint density at radius 1 is 1.32 bits per heavy atom. The number of hydrogen-bond acceptors (Lipinski definition) is 4. The molecule has 0 spiro atoms. The Bertz CT molecular complexity index is 641. The van der Waals surface area contributed by atoms with Crippen LogP contribution in [0.15, 0.2) is 34.6 Å². The molecule has 3 N–H and O–H groups in total. The van der Waals surface area contributed by atoms with Gasteiger partial charge in [-0.25, -0.2) is 9.98 Å². The van der Waals surface area contributed by atoms with E-state index in [0.29, 0.717) is 12.5 Å². The van der Waals surface area contributed by atoms with Gasteiger partial charge in [-0.2, -0.15) is 0 Å². The molecule has 0 aliphatic carbocycles. The zero-order chi connectivity index (χ0) is 16.2. The second-order valence-corrected chi connectivity index (χ2v) is 6.87. The summed E-state index contributed by atoms with van der Waals surface area (Å²) < 4.78 is 5.11. The van der Waals surface area contributed by atoms with Crippen LogP contribution in [0.2, 0.25) is 0 Å². The van der Waals surface area contributed by atoms with E-state index in [-0.39, 0.29) is 5.41 Å². The van der Waals surface area contributed by atoms with Crippen molar-refractivity contribution in [3.8, 4) is 5.75 Å². The lowest BCUT2D eigenvalue weighted by atomic mass is 9.93. The summed E-state index contributed by atoms with van der Waals surface area (Å²) in [6.45, 7) is 6.92. The number of thiazole rings is 1. The number of nitrogens with two attached hydrogens (primary N) is 1. The molecule has 118 valence electrons. The Balaban J connectivity index is 1.95. The minimum atomic E-state index is 0.0609. The van der Waals surface area contributed by atoms with Gasteiger partial charge in [0.15, 0.2) is 5.96 Å². The van der Waals surface area contributed by atoms with Crippen LogP contribution in [0.5, 0.6) is 5.75 Å². The summed E-state index contributed by atoms with van der Waals surface area (Å²) in [5.74, 6) is 1.18. The number of nitrogens with zero attached hydrogens (tertiary/aromatic N) is 2. The summed E-state index contributed by atoms with van der Waals surface area (Å²) >= 11 is 1.61. The van der Waals surface area contributed by atoms with Crippen LogP contribution in [0.3, 0.4) is 0 Å². The molecule has 0 radical (unpaired) electrons. The van der Waals surface area contributed by atoms with E-state index in [1.54, 1.807) is 18.4 Å². The second kappa shape index (κ2) is 6.79. The topological polar surface area (TPSA) is 72.5 Å². The van der Waals surface area contributed by atoms with E-state index >= 15 is 0 Å². The maximum atomic E-state index is 5.90. The lowest BCUT2D eigenvalue weighted by Gasteiger charge is -2.14. The van der Waals surface area contributed by atoms with Crippen molar-refractivity contribution in [2.24, 2.45) is 10.7 Å². The average molecular weight is 318 g/mol. The molecule has 1 aromatic carbocycles. The molecule has 1 heterocycles. The highest BCUT2D eigenvalue weighted by molar-refractivity contribution is 7.09. The number of guanidine groups is 1. The van der Waals surface area contributed by atoms with Gasteiger partial charge in [-0.15, -0.1) is 11.3 Å². The number of benzene rings is 1. The second-order valence-electron chi connectivity index (χ2n) is 5.93. The molecule has 0 bridgehead atoms. The fourth-order valence-electron chi connectivity index (χ4n) is 1.74. The third-order valence-electron chi connectivity index (χ3n) is 3.07. The number of aliphatic imine (C=N–C) groups is 1. The van der Waals surface area contributed by atoms with Gasteiger partial charge in [-0.05, 0) is 24.3 Å². The van der Waals surface area contributed by atoms with Crippen molar-refractivity contribution in [3.05, 3.63) is 40.3 Å². The molecule has 6 heteroatoms. The van der Waals surface area contributed by atoms with Crippen LogP contribution in [0.25, 0.3) is 0 Å². The Hall–Kier alpha value is -2.08. The number of ether oxygens (including phenoxy) is 1. The first-order chi connectivity index (χ1) is 10.4. The third-order valence-corrected chi connectivity index (χ3v) is 3.90. The predicted octanol–water partition coefficient (Wildman–Crippen LogP) is 3.38. The largest absolute Gasteiger partial charge is 0.497 e. The van der Waals surface area contributed by atoms with E-state index in [1.807, 2.05) is 24.3 Å². The highest BCUT2D eigenvalue weighted by atomic mass is 32.1. The van der Waals surface area contributed by atoms with Crippen molar-refractivity contribution in [2.45, 2.75) is 32.7 Å². The molecule has 0 saturated heterocycles. The van der Waals surface area contributed by atoms with Crippen LogP contribution in [0, 0.1) is 0 Å². The van der Waals surface area contributed by atoms with Gasteiger partial charge in [-0.1, -0.05) is 20.8 Å². The minimum Gasteiger partial charge on any atom is -0.497 e. The molecular formula is C16H22N4OS. The van der Waals surface area contributed by atoms with Crippen molar-refractivity contribution >= 4 is 23.0 Å². The van der Waals surface area contributed by atoms with Gasteiger partial charge in [-0.3, -0.25) is 0 Å². The number of methoxy groups -OCH3 is 1. The molecule has 0 saturated carbocycles. The van der Waals surface area contributed by atoms with E-state index in [1.165, 1.54) is 0 Å². The van der Waals surface area contributed by atoms with Crippen LogP contribution < -0.4 is 15.8 Å². The quantitative estimate of drug-likeness (QED) is 0.669. The van der Waals surface area contributed by atoms with E-state index in [4.69, 9.17) is 10.5 Å². The monoisotopic (exact) mass is 318 g/mol. The van der Waals surface area contributed by atoms with E-state index in [0.717, 1.165) is 22.1 Å². The molecule has 0 unspecified atom stereocenters. The predicted molar refractivity (Wildman–Crippen MR) is 92.8 cm³/mol. The van der Waals surface area contributed by atoms with Gasteiger partial charge in [0.05, 0.1) is 19.3 Å². The zero-order valence-corrected chi connectivity index (χ0v) is 14.2. The van der Waals surface area contributed by atoms with Crippen molar-refractivity contribution in [1.29, 1.82) is 0 Å². The summed E-state index contributed by atoms with van der Waals surface area (Å²) in [7, 11) is 1.64. The van der Waals surface area contributed by atoms with Crippen molar-refractivity contribution in [3.63, 3.8) is 0 Å². The number of rotatable bonds is 4. The SMILES string of the molecule is COc1ccc(NC(N)=NCc2nc(C(C)(C)C)cs2)cc1. The molecule has 0 aliphatic heterocycles. The molecule has 2 rings (SSSR count). The first-order valence-electron chi connectivity index (χ1n) is 7.04. The standard InChI is InChI=1S/C16H22N4OS/c1-16(2,3)13-10-22-14(20-13)9-18-15(17)19-11-5-7-12(21-4)8-6-11/h5-8,10H,9H2,1-4H3,(H3,17,18,19). The van der Waals surface area contributed by atoms with Crippen LogP contribution in [-0.4, -0.2) is 18.1 Å². The lowest BCUT2D eigenvalue weighted by Crippen LogP contribution is -2.22. The smallest absolute Gasteiger partial charge is 0.193 e. The van der Waals surface area contributed by atoms with E-state index in [9.17, 15) is 0 Å². The highest BCUT2D eigenvalue weighted by Crippen LogP contribution is 2.24. The summed E-state index contributed by atoms with van der Waals surface area (Å²) in [6.07, 6.45) is 0. The fourth-order valence-corrected chi connectivity index (χ4v) is 2.69. The number of anilines is 1. The molecule has 1 aromatic heterocycles. The van der Waals surface area contributed by atoms with Crippen LogP contribution in [0.4, 0.5) is 5.69 Å². The van der Waals surface area contributed by atoms with E-state index in [2.05, 4.69) is 41.4 Å². The van der Waals surface area contributed by atoms with Crippen LogP contribution in [-0.2, 0) is 12.0 Å². The van der Waals surface area contributed by atoms with Gasteiger partial charge in [0, 0.05) is 16.5 Å². The first kappa shape index (κ1) is 16.3. The maximum absolute atomic E-state index is 5.90. The summed E-state index contributed by atoms with van der Waals surface area (Å²) in [5, 5.41) is 6.09. The molecule has 0 fully saturated rings. The van der Waals surface area contributed by atoms with Crippen molar-refractivity contribution < 1.29 is 4.74 Å². The Labute approximate surface area is 135 Å². The number of hydrogen-bond donors (Lipinski definition) is 2. The number of aromatic nitrogens is 1. The molecule has 0 amide bonds. The molecule has 0 aliphatic rings. The van der Waals surface area contributed by atoms with Crippen molar-refractivity contribution in [2.75, 3.05) is 12.4 Å². The first-order valence-corrected chi connectivity index (χ1v) is 7.92. The average Bonchev–Trinajstić information content (AvgIpc) is 2.95. The molecule has 2 aromatic rings. The van der Waals surface area contributed by atoms with E-state index < -0.39 is 0 Å². The normalized spacial score (nSPS) is 12.3. The van der Waals surface area contributed by atoms with Crippen LogP contribution >= 0.6 is 11.3 Å². The van der Waals surface area contributed by atoms with Gasteiger partial charge >= 0.3 is 0 Å². The molecule has 22 heavy (non-hydrogen) atoms. The van der Waals surface area contributed by atoms with Gasteiger partial charge < -0.3 is 15.8 Å². The van der Waals surface area contributed by atoms with Crippen molar-refractivity contribution in [1.82, 2.24) is 4.98 Å². The zero-order valence-electron chi connectivity index (χ0n) is 13.4. The maximum Gasteiger partial charge on any atom is 0.193 e. The Morgan fingerprint density at radius 2 is 2.00 bits per heavy atom.